The van der Waals surface area contributed by atoms with Gasteiger partial charge in [0.2, 0.25) is 5.91 Å². The van der Waals surface area contributed by atoms with Crippen LogP contribution in [-0.2, 0) is 17.1 Å². The summed E-state index contributed by atoms with van der Waals surface area (Å²) in [5.74, 6) is -0.456. The van der Waals surface area contributed by atoms with Crippen molar-refractivity contribution in [1.82, 2.24) is 0 Å². The van der Waals surface area contributed by atoms with Gasteiger partial charge in [0.05, 0.1) is 11.1 Å². The van der Waals surface area contributed by atoms with E-state index < -0.39 is 29.2 Å². The highest BCUT2D eigenvalue weighted by Crippen LogP contribution is 2.37. The maximum absolute atomic E-state index is 13.2. The van der Waals surface area contributed by atoms with Crippen LogP contribution in [0, 0.1) is 0 Å². The van der Waals surface area contributed by atoms with Gasteiger partial charge in [0.25, 0.3) is 0 Å². The number of hydrogen-bond donors (Lipinski definition) is 4. The van der Waals surface area contributed by atoms with Crippen LogP contribution < -0.4 is 32.5 Å². The molecule has 0 aliphatic carbocycles. The molecule has 0 unspecified atom stereocenters. The number of carbonyl (C=O) groups is 1. The van der Waals surface area contributed by atoms with Crippen molar-refractivity contribution in [2.45, 2.75) is 19.3 Å². The number of benzene rings is 3. The predicted octanol–water partition coefficient (Wildman–Crippen LogP) is 3.93. The summed E-state index contributed by atoms with van der Waals surface area (Å²) in [6.45, 7) is 1.36. The zero-order valence-corrected chi connectivity index (χ0v) is 18.2. The number of hydrogen-bond acceptors (Lipinski definition) is 4. The second-order valence-corrected chi connectivity index (χ2v) is 7.55. The highest BCUT2D eigenvalue weighted by atomic mass is 19.4. The minimum absolute atomic E-state index is 0.0334. The lowest BCUT2D eigenvalue weighted by Crippen LogP contribution is -2.35. The van der Waals surface area contributed by atoms with Crippen molar-refractivity contribution in [1.29, 1.82) is 0 Å². The molecular weight excluding hydrogens is 474 g/mol. The van der Waals surface area contributed by atoms with E-state index in [4.69, 9.17) is 11.5 Å². The molecule has 0 atom stereocenters. The molecule has 0 saturated heterocycles. The van der Waals surface area contributed by atoms with Crippen molar-refractivity contribution in [2.75, 3.05) is 10.6 Å². The third-order valence-electron chi connectivity index (χ3n) is 4.89. The van der Waals surface area contributed by atoms with Crippen molar-refractivity contribution in [3.05, 3.63) is 93.9 Å². The smallest absolute Gasteiger partial charge is 0.398 e. The Bertz CT molecular complexity index is 1330. The van der Waals surface area contributed by atoms with Crippen molar-refractivity contribution in [2.24, 2.45) is 11.5 Å². The van der Waals surface area contributed by atoms with Crippen LogP contribution in [0.5, 0.6) is 0 Å². The van der Waals surface area contributed by atoms with Crippen LogP contribution in [-0.4, -0.2) is 5.91 Å². The monoisotopic (exact) mass is 494 g/mol. The van der Waals surface area contributed by atoms with E-state index >= 15 is 0 Å². The molecule has 11 heteroatoms. The minimum Gasteiger partial charge on any atom is -0.398 e. The van der Waals surface area contributed by atoms with Gasteiger partial charge in [-0.1, -0.05) is 36.4 Å². The number of carbonyl (C=O) groups excluding carboxylic acids is 1. The summed E-state index contributed by atoms with van der Waals surface area (Å²) < 4.78 is 79.1. The van der Waals surface area contributed by atoms with Gasteiger partial charge in [-0.25, -0.2) is 0 Å². The van der Waals surface area contributed by atoms with E-state index in [1.54, 1.807) is 42.5 Å². The molecule has 3 rings (SSSR count). The second-order valence-electron chi connectivity index (χ2n) is 7.55. The van der Waals surface area contributed by atoms with Crippen molar-refractivity contribution < 1.29 is 31.1 Å². The SMILES string of the molecule is CC(=O)Nc1ccc(/C(N)=c2\cccc\c2=C(\N)Nc2cc(C(F)(F)F)cc(C(F)(F)F)c2)cc1. The standard InChI is InChI=1S/C24H20F6N4O/c1-13(35)33-17-8-6-14(7-9-17)21(31)19-4-2-3-5-20(19)22(32)34-18-11-15(23(25,26)27)10-16(12-18)24(28,29)30/h2-12,34H,31-32H2,1H3,(H,33,35)/b21-19-,22-20+. The minimum atomic E-state index is -4.99. The predicted molar refractivity (Wildman–Crippen MR) is 121 cm³/mol. The number of nitrogens with one attached hydrogen (secondary N) is 2. The third kappa shape index (κ3) is 6.25. The molecule has 35 heavy (non-hydrogen) atoms. The van der Waals surface area contributed by atoms with Gasteiger partial charge in [-0.3, -0.25) is 4.79 Å². The van der Waals surface area contributed by atoms with E-state index in [1.165, 1.54) is 13.0 Å². The average Bonchev–Trinajstić information content (AvgIpc) is 2.77. The highest BCUT2D eigenvalue weighted by Gasteiger charge is 2.37. The summed E-state index contributed by atoms with van der Waals surface area (Å²) >= 11 is 0. The summed E-state index contributed by atoms with van der Waals surface area (Å²) in [5.41, 5.74) is 10.3. The topological polar surface area (TPSA) is 93.2 Å². The average molecular weight is 494 g/mol. The van der Waals surface area contributed by atoms with Gasteiger partial charge in [-0.05, 0) is 35.9 Å². The fourth-order valence-corrected chi connectivity index (χ4v) is 3.29. The van der Waals surface area contributed by atoms with Crippen LogP contribution in [0.2, 0.25) is 0 Å². The first-order valence-corrected chi connectivity index (χ1v) is 10.0. The van der Waals surface area contributed by atoms with E-state index in [9.17, 15) is 31.1 Å². The van der Waals surface area contributed by atoms with Gasteiger partial charge in [0.15, 0.2) is 0 Å². The number of rotatable bonds is 4. The summed E-state index contributed by atoms with van der Waals surface area (Å²) in [4.78, 5) is 11.2. The van der Waals surface area contributed by atoms with Gasteiger partial charge in [0, 0.05) is 34.4 Å². The Morgan fingerprint density at radius 3 is 1.71 bits per heavy atom. The molecule has 0 heterocycles. The fourth-order valence-electron chi connectivity index (χ4n) is 3.29. The summed E-state index contributed by atoms with van der Waals surface area (Å²) in [5, 5.41) is 5.71. The zero-order chi connectivity index (χ0) is 26.0. The van der Waals surface area contributed by atoms with E-state index in [2.05, 4.69) is 10.6 Å². The lowest BCUT2D eigenvalue weighted by Gasteiger charge is -2.15. The Balaban J connectivity index is 2.12. The van der Waals surface area contributed by atoms with E-state index in [-0.39, 0.29) is 28.7 Å². The van der Waals surface area contributed by atoms with Crippen LogP contribution in [0.4, 0.5) is 37.7 Å². The molecule has 3 aromatic carbocycles. The third-order valence-corrected chi connectivity index (χ3v) is 4.89. The lowest BCUT2D eigenvalue weighted by atomic mass is 10.1. The summed E-state index contributed by atoms with van der Waals surface area (Å²) in [7, 11) is 0. The molecule has 0 radical (unpaired) electrons. The number of nitrogens with two attached hydrogens (primary N) is 2. The largest absolute Gasteiger partial charge is 0.416 e. The van der Waals surface area contributed by atoms with E-state index in [1.807, 2.05) is 0 Å². The first-order chi connectivity index (χ1) is 16.3. The highest BCUT2D eigenvalue weighted by molar-refractivity contribution is 5.88. The quantitative estimate of drug-likeness (QED) is 0.414. The molecule has 184 valence electrons. The normalized spacial score (nSPS) is 13.7. The first kappa shape index (κ1) is 25.5. The first-order valence-electron chi connectivity index (χ1n) is 10.0. The summed E-state index contributed by atoms with van der Waals surface area (Å²) in [6, 6.07) is 14.0. The molecule has 0 bridgehead atoms. The Hall–Kier alpha value is -4.15. The van der Waals surface area contributed by atoms with E-state index in [0.29, 0.717) is 28.6 Å². The molecular formula is C24H20F6N4O. The fraction of sp³-hybridized carbons (Fsp3) is 0.125. The van der Waals surface area contributed by atoms with Crippen LogP contribution >= 0.6 is 0 Å². The zero-order valence-electron chi connectivity index (χ0n) is 18.2. The van der Waals surface area contributed by atoms with Gasteiger partial charge < -0.3 is 22.1 Å². The van der Waals surface area contributed by atoms with Crippen LogP contribution in [0.25, 0.3) is 11.5 Å². The van der Waals surface area contributed by atoms with Crippen molar-refractivity contribution >= 4 is 28.8 Å². The van der Waals surface area contributed by atoms with Gasteiger partial charge >= 0.3 is 12.4 Å². The number of alkyl halides is 6. The molecule has 1 amide bonds. The van der Waals surface area contributed by atoms with Gasteiger partial charge in [0.1, 0.15) is 5.82 Å². The molecule has 5 nitrogen and oxygen atoms in total. The molecule has 6 N–H and O–H groups in total. The number of halogens is 6. The lowest BCUT2D eigenvalue weighted by molar-refractivity contribution is -0.143. The Kier molecular flexibility index (Phi) is 6.99. The molecule has 3 aromatic rings. The Morgan fingerprint density at radius 1 is 0.714 bits per heavy atom. The van der Waals surface area contributed by atoms with E-state index in [0.717, 1.165) is 0 Å². The van der Waals surface area contributed by atoms with Crippen molar-refractivity contribution in [3.63, 3.8) is 0 Å². The van der Waals surface area contributed by atoms with Crippen LogP contribution in [0.15, 0.2) is 66.7 Å². The molecule has 0 spiro atoms. The Morgan fingerprint density at radius 2 is 1.23 bits per heavy atom. The van der Waals surface area contributed by atoms with Crippen molar-refractivity contribution in [3.8, 4) is 0 Å². The number of amides is 1. The molecule has 0 fully saturated rings. The molecule has 0 aliphatic rings. The second kappa shape index (κ2) is 9.61. The Labute approximate surface area is 195 Å². The molecule has 0 aromatic heterocycles. The van der Waals surface area contributed by atoms with Crippen LogP contribution in [0.3, 0.4) is 0 Å². The molecule has 0 aliphatic heterocycles. The maximum Gasteiger partial charge on any atom is 0.416 e. The van der Waals surface area contributed by atoms with Crippen LogP contribution in [0.1, 0.15) is 23.6 Å². The maximum atomic E-state index is 13.2. The molecule has 0 saturated carbocycles. The van der Waals surface area contributed by atoms with Gasteiger partial charge in [-0.15, -0.1) is 0 Å². The number of anilines is 2. The van der Waals surface area contributed by atoms with Gasteiger partial charge in [-0.2, -0.15) is 26.3 Å². The summed E-state index contributed by atoms with van der Waals surface area (Å²) in [6.07, 6.45) is -9.99.